The Morgan fingerprint density at radius 2 is 1.80 bits per heavy atom. The molecule has 0 fully saturated rings. The van der Waals surface area contributed by atoms with Crippen molar-refractivity contribution in [2.45, 2.75) is 6.42 Å². The number of benzene rings is 2. The van der Waals surface area contributed by atoms with E-state index >= 15 is 0 Å². The topological polar surface area (TPSA) is 34.9 Å². The molecule has 0 spiro atoms. The van der Waals surface area contributed by atoms with Crippen LogP contribution >= 0.6 is 0 Å². The summed E-state index contributed by atoms with van der Waals surface area (Å²) < 4.78 is 1.72. The van der Waals surface area contributed by atoms with Crippen molar-refractivity contribution in [3.8, 4) is 5.69 Å². The maximum Gasteiger partial charge on any atom is 0.153 e. The summed E-state index contributed by atoms with van der Waals surface area (Å²) in [7, 11) is 0. The third-order valence-corrected chi connectivity index (χ3v) is 3.16. The predicted molar refractivity (Wildman–Crippen MR) is 78.2 cm³/mol. The highest BCUT2D eigenvalue weighted by molar-refractivity contribution is 5.73. The minimum atomic E-state index is 0.582. The first-order valence-corrected chi connectivity index (χ1v) is 6.48. The second kappa shape index (κ2) is 5.53. The van der Waals surface area contributed by atoms with Crippen molar-refractivity contribution in [1.82, 2.24) is 9.78 Å². The average Bonchev–Trinajstić information content (AvgIpc) is 2.98. The first-order valence-electron chi connectivity index (χ1n) is 6.48. The van der Waals surface area contributed by atoms with Crippen LogP contribution in [0.3, 0.4) is 0 Å². The van der Waals surface area contributed by atoms with Crippen LogP contribution in [-0.4, -0.2) is 16.1 Å². The molecule has 0 N–H and O–H groups in total. The quantitative estimate of drug-likeness (QED) is 0.676. The molecule has 1 aromatic heterocycles. The SMILES string of the molecule is O=Cc1cnn(-c2cccc(Cc3ccccc3)c2)c1. The lowest BCUT2D eigenvalue weighted by Gasteiger charge is -2.05. The number of aldehydes is 1. The van der Waals surface area contributed by atoms with E-state index < -0.39 is 0 Å². The summed E-state index contributed by atoms with van der Waals surface area (Å²) in [5, 5.41) is 4.19. The van der Waals surface area contributed by atoms with Gasteiger partial charge in [-0.1, -0.05) is 42.5 Å². The maximum absolute atomic E-state index is 10.7. The number of hydrogen-bond acceptors (Lipinski definition) is 2. The number of nitrogens with zero attached hydrogens (tertiary/aromatic N) is 2. The summed E-state index contributed by atoms with van der Waals surface area (Å²) in [6, 6.07) is 18.5. The molecule has 1 heterocycles. The molecule has 20 heavy (non-hydrogen) atoms. The highest BCUT2D eigenvalue weighted by Crippen LogP contribution is 2.14. The van der Waals surface area contributed by atoms with Gasteiger partial charge in [0.2, 0.25) is 0 Å². The zero-order valence-electron chi connectivity index (χ0n) is 10.9. The maximum atomic E-state index is 10.7. The molecule has 98 valence electrons. The summed E-state index contributed by atoms with van der Waals surface area (Å²) >= 11 is 0. The fourth-order valence-electron chi connectivity index (χ4n) is 2.18. The largest absolute Gasteiger partial charge is 0.298 e. The molecule has 0 amide bonds. The molecule has 3 rings (SSSR count). The second-order valence-corrected chi connectivity index (χ2v) is 4.67. The first kappa shape index (κ1) is 12.4. The number of aromatic nitrogens is 2. The monoisotopic (exact) mass is 262 g/mol. The van der Waals surface area contributed by atoms with E-state index in [0.29, 0.717) is 5.56 Å². The molecule has 2 aromatic carbocycles. The van der Waals surface area contributed by atoms with Crippen molar-refractivity contribution in [2.24, 2.45) is 0 Å². The highest BCUT2D eigenvalue weighted by Gasteiger charge is 2.02. The molecule has 0 aliphatic carbocycles. The van der Waals surface area contributed by atoms with Gasteiger partial charge >= 0.3 is 0 Å². The minimum Gasteiger partial charge on any atom is -0.298 e. The van der Waals surface area contributed by atoms with E-state index in [1.807, 2.05) is 30.3 Å². The molecule has 0 aliphatic rings. The van der Waals surface area contributed by atoms with Crippen LogP contribution in [0.15, 0.2) is 67.0 Å². The molecule has 3 heteroatoms. The van der Waals surface area contributed by atoms with Gasteiger partial charge in [0.15, 0.2) is 6.29 Å². The van der Waals surface area contributed by atoms with Gasteiger partial charge in [0, 0.05) is 6.20 Å². The smallest absolute Gasteiger partial charge is 0.153 e. The zero-order valence-corrected chi connectivity index (χ0v) is 10.9. The van der Waals surface area contributed by atoms with Crippen molar-refractivity contribution < 1.29 is 4.79 Å². The predicted octanol–water partition coefficient (Wildman–Crippen LogP) is 3.28. The number of rotatable bonds is 4. The van der Waals surface area contributed by atoms with Gasteiger partial charge in [-0.2, -0.15) is 5.10 Å². The molecular weight excluding hydrogens is 248 g/mol. The van der Waals surface area contributed by atoms with Crippen molar-refractivity contribution in [1.29, 1.82) is 0 Å². The third-order valence-electron chi connectivity index (χ3n) is 3.16. The van der Waals surface area contributed by atoms with Crippen molar-refractivity contribution in [2.75, 3.05) is 0 Å². The van der Waals surface area contributed by atoms with Crippen molar-refractivity contribution in [3.05, 3.63) is 83.7 Å². The molecule has 3 nitrogen and oxygen atoms in total. The van der Waals surface area contributed by atoms with Crippen molar-refractivity contribution in [3.63, 3.8) is 0 Å². The molecule has 0 saturated carbocycles. The fourth-order valence-corrected chi connectivity index (χ4v) is 2.18. The third kappa shape index (κ3) is 2.67. The summed E-state index contributed by atoms with van der Waals surface area (Å²) in [4.78, 5) is 10.7. The Hall–Kier alpha value is -2.68. The Bertz CT molecular complexity index is 717. The van der Waals surface area contributed by atoms with Gasteiger partial charge in [0.05, 0.1) is 17.4 Å². The molecule has 0 radical (unpaired) electrons. The average molecular weight is 262 g/mol. The van der Waals surface area contributed by atoms with E-state index in [-0.39, 0.29) is 0 Å². The summed E-state index contributed by atoms with van der Waals surface area (Å²) in [5.41, 5.74) is 4.04. The fraction of sp³-hybridized carbons (Fsp3) is 0.0588. The Kier molecular flexibility index (Phi) is 3.42. The zero-order chi connectivity index (χ0) is 13.8. The van der Waals surface area contributed by atoms with Crippen LogP contribution in [0.25, 0.3) is 5.69 Å². The summed E-state index contributed by atoms with van der Waals surface area (Å²) in [6.07, 6.45) is 4.99. The van der Waals surface area contributed by atoms with Crippen LogP contribution < -0.4 is 0 Å². The van der Waals surface area contributed by atoms with Crippen LogP contribution in [0.2, 0.25) is 0 Å². The normalized spacial score (nSPS) is 10.4. The second-order valence-electron chi connectivity index (χ2n) is 4.67. The summed E-state index contributed by atoms with van der Waals surface area (Å²) in [5.74, 6) is 0. The lowest BCUT2D eigenvalue weighted by molar-refractivity contribution is 0.112. The van der Waals surface area contributed by atoms with Gasteiger partial charge in [0.25, 0.3) is 0 Å². The van der Waals surface area contributed by atoms with E-state index in [1.165, 1.54) is 11.1 Å². The van der Waals surface area contributed by atoms with Crippen LogP contribution in [0, 0.1) is 0 Å². The van der Waals surface area contributed by atoms with Crippen LogP contribution in [0.1, 0.15) is 21.5 Å². The summed E-state index contributed by atoms with van der Waals surface area (Å²) in [6.45, 7) is 0. The molecule has 0 atom stereocenters. The lowest BCUT2D eigenvalue weighted by Crippen LogP contribution is -1.96. The van der Waals surface area contributed by atoms with E-state index in [1.54, 1.807) is 17.1 Å². The molecule has 0 unspecified atom stereocenters. The molecule has 3 aromatic rings. The Morgan fingerprint density at radius 1 is 1.00 bits per heavy atom. The number of carbonyl (C=O) groups is 1. The van der Waals surface area contributed by atoms with Gasteiger partial charge in [-0.15, -0.1) is 0 Å². The van der Waals surface area contributed by atoms with Gasteiger partial charge < -0.3 is 0 Å². The standard InChI is InChI=1S/C17H14N2O/c20-13-16-11-18-19(12-16)17-8-4-7-15(10-17)9-14-5-2-1-3-6-14/h1-8,10-13H,9H2. The Labute approximate surface area is 117 Å². The molecular formula is C17H14N2O. The van der Waals surface area contributed by atoms with E-state index in [9.17, 15) is 4.79 Å². The molecule has 0 aliphatic heterocycles. The van der Waals surface area contributed by atoms with Gasteiger partial charge in [-0.25, -0.2) is 4.68 Å². The van der Waals surface area contributed by atoms with Gasteiger partial charge in [-0.3, -0.25) is 4.79 Å². The van der Waals surface area contributed by atoms with Gasteiger partial charge in [0.1, 0.15) is 0 Å². The van der Waals surface area contributed by atoms with E-state index in [4.69, 9.17) is 0 Å². The molecule has 0 saturated heterocycles. The minimum absolute atomic E-state index is 0.582. The first-order chi connectivity index (χ1) is 9.85. The highest BCUT2D eigenvalue weighted by atomic mass is 16.1. The Morgan fingerprint density at radius 3 is 2.55 bits per heavy atom. The van der Waals surface area contributed by atoms with Gasteiger partial charge in [-0.05, 0) is 29.7 Å². The number of carbonyl (C=O) groups excluding carboxylic acids is 1. The van der Waals surface area contributed by atoms with Crippen molar-refractivity contribution >= 4 is 6.29 Å². The Balaban J connectivity index is 1.87. The van der Waals surface area contributed by atoms with E-state index in [2.05, 4.69) is 29.4 Å². The lowest BCUT2D eigenvalue weighted by atomic mass is 10.0. The molecule has 0 bridgehead atoms. The number of hydrogen-bond donors (Lipinski definition) is 0. The van der Waals surface area contributed by atoms with Crippen LogP contribution in [0.5, 0.6) is 0 Å². The van der Waals surface area contributed by atoms with Crippen LogP contribution in [0.4, 0.5) is 0 Å². The van der Waals surface area contributed by atoms with Crippen LogP contribution in [-0.2, 0) is 6.42 Å². The van der Waals surface area contributed by atoms with E-state index in [0.717, 1.165) is 18.4 Å².